The average Bonchev–Trinajstić information content (AvgIpc) is 3.38. The van der Waals surface area contributed by atoms with E-state index in [4.69, 9.17) is 10.5 Å². The Morgan fingerprint density at radius 1 is 1.18 bits per heavy atom. The Bertz CT molecular complexity index is 1010. The van der Waals surface area contributed by atoms with Gasteiger partial charge in [-0.2, -0.15) is 0 Å². The molecule has 7 nitrogen and oxygen atoms in total. The van der Waals surface area contributed by atoms with Crippen molar-refractivity contribution < 1.29 is 14.3 Å². The first-order valence-corrected chi connectivity index (χ1v) is 9.71. The molecule has 8 heteroatoms. The molecule has 142 valence electrons. The third kappa shape index (κ3) is 3.86. The van der Waals surface area contributed by atoms with Crippen LogP contribution < -0.4 is 10.5 Å². The normalized spacial score (nSPS) is 16.1. The zero-order valence-corrected chi connectivity index (χ0v) is 15.8. The number of hydrogen-bond acceptors (Lipinski definition) is 6. The van der Waals surface area contributed by atoms with Crippen LogP contribution >= 0.6 is 11.3 Å². The van der Waals surface area contributed by atoms with E-state index in [0.29, 0.717) is 31.0 Å². The van der Waals surface area contributed by atoms with Crippen molar-refractivity contribution in [1.29, 1.82) is 0 Å². The molecule has 3 aromatic rings. The molecule has 1 saturated heterocycles. The number of rotatable bonds is 5. The van der Waals surface area contributed by atoms with Crippen molar-refractivity contribution in [1.82, 2.24) is 14.9 Å². The fraction of sp³-hybridized carbons (Fsp3) is 0.200. The molecule has 1 aliphatic rings. The monoisotopic (exact) mass is 394 g/mol. The number of nitrogens with zero attached hydrogens (tertiary/aromatic N) is 3. The number of carbonyl (C=O) groups excluding carboxylic acids is 2. The Balaban J connectivity index is 1.40. The van der Waals surface area contributed by atoms with Gasteiger partial charge in [0.2, 0.25) is 0 Å². The van der Waals surface area contributed by atoms with E-state index < -0.39 is 5.91 Å². The summed E-state index contributed by atoms with van der Waals surface area (Å²) in [4.78, 5) is 34.1. The number of primary amides is 1. The molecular formula is C20H18N4O3S. The largest absolute Gasteiger partial charge is 0.488 e. The van der Waals surface area contributed by atoms with Gasteiger partial charge in [-0.05, 0) is 6.07 Å². The smallest absolute Gasteiger partial charge is 0.273 e. The van der Waals surface area contributed by atoms with Crippen LogP contribution in [0.3, 0.4) is 0 Å². The van der Waals surface area contributed by atoms with Gasteiger partial charge < -0.3 is 15.4 Å². The molecule has 4 rings (SSSR count). The molecule has 0 unspecified atom stereocenters. The number of aromatic nitrogens is 2. The minimum atomic E-state index is -0.605. The van der Waals surface area contributed by atoms with Crippen molar-refractivity contribution in [2.45, 2.75) is 12.5 Å². The molecule has 0 aliphatic carbocycles. The van der Waals surface area contributed by atoms with Gasteiger partial charge in [-0.3, -0.25) is 14.6 Å². The summed E-state index contributed by atoms with van der Waals surface area (Å²) in [7, 11) is 0. The maximum Gasteiger partial charge on any atom is 0.273 e. The average molecular weight is 394 g/mol. The number of pyridine rings is 1. The van der Waals surface area contributed by atoms with Crippen LogP contribution in [0, 0.1) is 0 Å². The summed E-state index contributed by atoms with van der Waals surface area (Å²) < 4.78 is 5.90. The highest BCUT2D eigenvalue weighted by Gasteiger charge is 2.29. The molecule has 2 amide bonds. The molecule has 1 atom stereocenters. The standard InChI is InChI=1S/C20H18N4O3S/c21-18(25)16-10-14(6-8-22-16)27-15-7-9-24(11-15)20(26)17-12-28-19(23-17)13-4-2-1-3-5-13/h1-6,8,10,12,15H,7,9,11H2,(H2,21,25)/t15-/m1/s1. The highest BCUT2D eigenvalue weighted by Crippen LogP contribution is 2.25. The van der Waals surface area contributed by atoms with Crippen LogP contribution in [0.1, 0.15) is 27.4 Å². The van der Waals surface area contributed by atoms with Crippen LogP contribution in [0.4, 0.5) is 0 Å². The first-order chi connectivity index (χ1) is 13.6. The van der Waals surface area contributed by atoms with Gasteiger partial charge in [-0.15, -0.1) is 11.3 Å². The minimum absolute atomic E-state index is 0.0999. The number of ether oxygens (including phenoxy) is 1. The molecule has 3 heterocycles. The second-order valence-electron chi connectivity index (χ2n) is 6.42. The number of carbonyl (C=O) groups is 2. The summed E-state index contributed by atoms with van der Waals surface area (Å²) in [5.74, 6) is -0.188. The van der Waals surface area contributed by atoms with Gasteiger partial charge in [0.05, 0.1) is 6.54 Å². The molecule has 0 spiro atoms. The molecule has 1 aromatic carbocycles. The molecule has 1 fully saturated rings. The Morgan fingerprint density at radius 3 is 2.79 bits per heavy atom. The van der Waals surface area contributed by atoms with Gasteiger partial charge in [0.25, 0.3) is 11.8 Å². The lowest BCUT2D eigenvalue weighted by molar-refractivity contribution is 0.0767. The van der Waals surface area contributed by atoms with E-state index in [1.54, 1.807) is 16.3 Å². The molecule has 1 aliphatic heterocycles. The lowest BCUT2D eigenvalue weighted by Gasteiger charge is -2.16. The third-order valence-electron chi connectivity index (χ3n) is 4.46. The number of hydrogen-bond donors (Lipinski definition) is 1. The van der Waals surface area contributed by atoms with E-state index in [1.807, 2.05) is 30.3 Å². The van der Waals surface area contributed by atoms with Crippen LogP contribution in [0.2, 0.25) is 0 Å². The number of benzene rings is 1. The van der Waals surface area contributed by atoms with Crippen LogP contribution in [0.25, 0.3) is 10.6 Å². The molecule has 0 radical (unpaired) electrons. The first-order valence-electron chi connectivity index (χ1n) is 8.83. The van der Waals surface area contributed by atoms with Gasteiger partial charge in [-0.25, -0.2) is 4.98 Å². The van der Waals surface area contributed by atoms with Gasteiger partial charge in [-0.1, -0.05) is 30.3 Å². The van der Waals surface area contributed by atoms with Gasteiger partial charge in [0.15, 0.2) is 0 Å². The zero-order valence-electron chi connectivity index (χ0n) is 14.9. The molecule has 2 N–H and O–H groups in total. The van der Waals surface area contributed by atoms with E-state index in [9.17, 15) is 9.59 Å². The van der Waals surface area contributed by atoms with Crippen molar-refractivity contribution in [2.75, 3.05) is 13.1 Å². The number of nitrogens with two attached hydrogens (primary N) is 1. The summed E-state index contributed by atoms with van der Waals surface area (Å²) >= 11 is 1.46. The maximum absolute atomic E-state index is 12.8. The number of likely N-dealkylation sites (tertiary alicyclic amines) is 1. The molecule has 0 bridgehead atoms. The zero-order chi connectivity index (χ0) is 19.5. The predicted molar refractivity (Wildman–Crippen MR) is 105 cm³/mol. The van der Waals surface area contributed by atoms with E-state index in [-0.39, 0.29) is 17.7 Å². The van der Waals surface area contributed by atoms with Crippen molar-refractivity contribution in [3.8, 4) is 16.3 Å². The van der Waals surface area contributed by atoms with Crippen molar-refractivity contribution in [3.05, 3.63) is 65.4 Å². The van der Waals surface area contributed by atoms with E-state index >= 15 is 0 Å². The molecule has 28 heavy (non-hydrogen) atoms. The topological polar surface area (TPSA) is 98.4 Å². The van der Waals surface area contributed by atoms with Crippen LogP contribution in [-0.2, 0) is 0 Å². The predicted octanol–water partition coefficient (Wildman–Crippen LogP) is 2.60. The van der Waals surface area contributed by atoms with Crippen molar-refractivity contribution in [3.63, 3.8) is 0 Å². The Kier molecular flexibility index (Phi) is 5.03. The summed E-state index contributed by atoms with van der Waals surface area (Å²) in [6.45, 7) is 1.06. The SMILES string of the molecule is NC(=O)c1cc(O[C@@H]2CCN(C(=O)c3csc(-c4ccccc4)n3)C2)ccn1. The second kappa shape index (κ2) is 7.77. The third-order valence-corrected chi connectivity index (χ3v) is 5.35. The Labute approximate surface area is 165 Å². The highest BCUT2D eigenvalue weighted by atomic mass is 32.1. The van der Waals surface area contributed by atoms with E-state index in [2.05, 4.69) is 9.97 Å². The summed E-state index contributed by atoms with van der Waals surface area (Å²) in [5, 5.41) is 2.62. The molecule has 0 saturated carbocycles. The minimum Gasteiger partial charge on any atom is -0.488 e. The van der Waals surface area contributed by atoms with Crippen molar-refractivity contribution >= 4 is 23.2 Å². The quantitative estimate of drug-likeness (QED) is 0.717. The Morgan fingerprint density at radius 2 is 2.00 bits per heavy atom. The highest BCUT2D eigenvalue weighted by molar-refractivity contribution is 7.13. The van der Waals surface area contributed by atoms with Crippen LogP contribution in [0.5, 0.6) is 5.75 Å². The van der Waals surface area contributed by atoms with Gasteiger partial charge >= 0.3 is 0 Å². The van der Waals surface area contributed by atoms with Crippen LogP contribution in [-0.4, -0.2) is 45.9 Å². The lowest BCUT2D eigenvalue weighted by Crippen LogP contribution is -2.31. The number of thiazole rings is 1. The van der Waals surface area contributed by atoms with E-state index in [1.165, 1.54) is 23.6 Å². The molecule has 2 aromatic heterocycles. The number of amides is 2. The van der Waals surface area contributed by atoms with Gasteiger partial charge in [0, 0.05) is 36.2 Å². The summed E-state index contributed by atoms with van der Waals surface area (Å²) in [5.41, 5.74) is 6.84. The lowest BCUT2D eigenvalue weighted by atomic mass is 10.2. The summed E-state index contributed by atoms with van der Waals surface area (Å²) in [6.07, 6.45) is 2.03. The maximum atomic E-state index is 12.8. The molecular weight excluding hydrogens is 376 g/mol. The van der Waals surface area contributed by atoms with Crippen molar-refractivity contribution in [2.24, 2.45) is 5.73 Å². The van der Waals surface area contributed by atoms with Crippen LogP contribution in [0.15, 0.2) is 54.0 Å². The van der Waals surface area contributed by atoms with E-state index in [0.717, 1.165) is 10.6 Å². The summed E-state index contributed by atoms with van der Waals surface area (Å²) in [6, 6.07) is 13.0. The first kappa shape index (κ1) is 18.1. The van der Waals surface area contributed by atoms with Gasteiger partial charge in [0.1, 0.15) is 28.2 Å². The Hall–Kier alpha value is -3.26. The second-order valence-corrected chi connectivity index (χ2v) is 7.28. The fourth-order valence-corrected chi connectivity index (χ4v) is 3.87. The fourth-order valence-electron chi connectivity index (χ4n) is 3.07.